The zero-order chi connectivity index (χ0) is 18.2. The van der Waals surface area contributed by atoms with E-state index in [2.05, 4.69) is 26.5 Å². The number of nitro groups is 2. The summed E-state index contributed by atoms with van der Waals surface area (Å²) < 4.78 is 0. The second-order valence-corrected chi connectivity index (χ2v) is 6.29. The van der Waals surface area contributed by atoms with Crippen molar-refractivity contribution in [1.29, 1.82) is 0 Å². The van der Waals surface area contributed by atoms with Gasteiger partial charge in [0.2, 0.25) is 0 Å². The lowest BCUT2D eigenvalue weighted by molar-refractivity contribution is -0.393. The van der Waals surface area contributed by atoms with Crippen molar-refractivity contribution in [3.63, 3.8) is 0 Å². The maximum Gasteiger partial charge on any atom is 0.301 e. The molecule has 0 aliphatic heterocycles. The number of hydrogen-bond donors (Lipinski definition) is 1. The van der Waals surface area contributed by atoms with E-state index < -0.39 is 9.85 Å². The molecular formula is C16H19BrN4O4. The number of nitrogens with zero attached hydrogens (tertiary/aromatic N) is 3. The topological polar surface area (TPSA) is 111 Å². The predicted molar refractivity (Wildman–Crippen MR) is 100 cm³/mol. The summed E-state index contributed by atoms with van der Waals surface area (Å²) in [5.74, 6) is 0. The SMILES string of the molecule is O=[N+]([O-])c1ccc(NN=C2CCCCC(=CBr)CCC2)c([N+](=O)[O-])c1. The molecule has 0 radical (unpaired) electrons. The summed E-state index contributed by atoms with van der Waals surface area (Å²) in [6, 6.07) is 3.49. The Morgan fingerprint density at radius 2 is 1.72 bits per heavy atom. The second-order valence-electron chi connectivity index (χ2n) is 5.83. The van der Waals surface area contributed by atoms with Gasteiger partial charge in [0.15, 0.2) is 0 Å². The highest BCUT2D eigenvalue weighted by atomic mass is 79.9. The van der Waals surface area contributed by atoms with E-state index in [0.29, 0.717) is 0 Å². The van der Waals surface area contributed by atoms with Crippen LogP contribution in [0.2, 0.25) is 0 Å². The zero-order valence-electron chi connectivity index (χ0n) is 13.6. The van der Waals surface area contributed by atoms with Crippen LogP contribution in [-0.2, 0) is 0 Å². The first-order valence-electron chi connectivity index (χ1n) is 8.03. The number of nitrogens with one attached hydrogen (secondary N) is 1. The van der Waals surface area contributed by atoms with E-state index in [1.165, 1.54) is 17.7 Å². The molecule has 1 aromatic rings. The molecule has 1 fully saturated rings. The number of nitro benzene ring substituents is 2. The highest BCUT2D eigenvalue weighted by molar-refractivity contribution is 9.11. The van der Waals surface area contributed by atoms with Crippen LogP contribution in [0.1, 0.15) is 44.9 Å². The van der Waals surface area contributed by atoms with Gasteiger partial charge in [-0.3, -0.25) is 25.7 Å². The van der Waals surface area contributed by atoms with Crippen molar-refractivity contribution < 1.29 is 9.85 Å². The van der Waals surface area contributed by atoms with Crippen LogP contribution < -0.4 is 5.43 Å². The molecule has 0 atom stereocenters. The number of hydrogen-bond acceptors (Lipinski definition) is 6. The fraction of sp³-hybridized carbons (Fsp3) is 0.438. The Bertz CT molecular complexity index is 718. The Morgan fingerprint density at radius 3 is 2.40 bits per heavy atom. The first-order chi connectivity index (χ1) is 12.0. The average Bonchev–Trinajstić information content (AvgIpc) is 2.71. The van der Waals surface area contributed by atoms with Gasteiger partial charge in [-0.2, -0.15) is 5.10 Å². The van der Waals surface area contributed by atoms with Crippen LogP contribution >= 0.6 is 15.9 Å². The van der Waals surface area contributed by atoms with Gasteiger partial charge >= 0.3 is 5.69 Å². The minimum Gasteiger partial charge on any atom is -0.272 e. The summed E-state index contributed by atoms with van der Waals surface area (Å²) >= 11 is 3.39. The Kier molecular flexibility index (Phi) is 7.05. The lowest BCUT2D eigenvalue weighted by atomic mass is 10.1. The van der Waals surface area contributed by atoms with Crippen LogP contribution in [0.3, 0.4) is 0 Å². The molecule has 0 bridgehead atoms. The number of rotatable bonds is 4. The molecule has 0 saturated heterocycles. The maximum atomic E-state index is 11.1. The highest BCUT2D eigenvalue weighted by Gasteiger charge is 2.19. The highest BCUT2D eigenvalue weighted by Crippen LogP contribution is 2.29. The molecule has 134 valence electrons. The van der Waals surface area contributed by atoms with Crippen LogP contribution in [0.4, 0.5) is 17.1 Å². The number of anilines is 1. The van der Waals surface area contributed by atoms with Crippen molar-refractivity contribution in [2.75, 3.05) is 5.43 Å². The van der Waals surface area contributed by atoms with Crippen LogP contribution in [0.25, 0.3) is 0 Å². The van der Waals surface area contributed by atoms with E-state index in [9.17, 15) is 20.2 Å². The van der Waals surface area contributed by atoms with Gasteiger partial charge in [-0.05, 0) is 56.0 Å². The molecule has 0 unspecified atom stereocenters. The summed E-state index contributed by atoms with van der Waals surface area (Å²) in [6.07, 6.45) is 6.78. The Hall–Kier alpha value is -2.29. The van der Waals surface area contributed by atoms with Gasteiger partial charge in [-0.25, -0.2) is 0 Å². The molecule has 9 heteroatoms. The van der Waals surface area contributed by atoms with Gasteiger partial charge < -0.3 is 0 Å². The van der Waals surface area contributed by atoms with Gasteiger partial charge in [0.25, 0.3) is 5.69 Å². The molecule has 1 aromatic carbocycles. The molecule has 0 spiro atoms. The third kappa shape index (κ3) is 5.63. The molecule has 0 heterocycles. The summed E-state index contributed by atoms with van der Waals surface area (Å²) in [5.41, 5.74) is 4.56. The van der Waals surface area contributed by atoms with E-state index in [4.69, 9.17) is 0 Å². The van der Waals surface area contributed by atoms with Crippen molar-refractivity contribution in [2.24, 2.45) is 5.10 Å². The first-order valence-corrected chi connectivity index (χ1v) is 8.95. The molecule has 0 aromatic heterocycles. The van der Waals surface area contributed by atoms with Crippen LogP contribution in [0.15, 0.2) is 33.9 Å². The smallest absolute Gasteiger partial charge is 0.272 e. The zero-order valence-corrected chi connectivity index (χ0v) is 15.2. The monoisotopic (exact) mass is 410 g/mol. The number of halogens is 1. The van der Waals surface area contributed by atoms with Gasteiger partial charge in [-0.1, -0.05) is 21.5 Å². The van der Waals surface area contributed by atoms with E-state index >= 15 is 0 Å². The third-order valence-electron chi connectivity index (χ3n) is 4.05. The summed E-state index contributed by atoms with van der Waals surface area (Å²) in [4.78, 5) is 22.6. The number of hydrazone groups is 1. The Labute approximate surface area is 153 Å². The first kappa shape index (κ1) is 19.0. The van der Waals surface area contributed by atoms with Crippen molar-refractivity contribution in [3.8, 4) is 0 Å². The van der Waals surface area contributed by atoms with Crippen molar-refractivity contribution in [2.45, 2.75) is 44.9 Å². The number of allylic oxidation sites excluding steroid dienone is 1. The van der Waals surface area contributed by atoms with Gasteiger partial charge in [0.1, 0.15) is 5.69 Å². The molecule has 1 aliphatic carbocycles. The molecule has 1 aliphatic rings. The maximum absolute atomic E-state index is 11.1. The predicted octanol–water partition coefficient (Wildman–Crippen LogP) is 5.29. The second kappa shape index (κ2) is 9.26. The lowest BCUT2D eigenvalue weighted by Gasteiger charge is -2.07. The number of benzene rings is 1. The molecule has 1 N–H and O–H groups in total. The van der Waals surface area contributed by atoms with E-state index in [-0.39, 0.29) is 17.1 Å². The quantitative estimate of drug-likeness (QED) is 0.534. The third-order valence-corrected chi connectivity index (χ3v) is 4.70. The largest absolute Gasteiger partial charge is 0.301 e. The van der Waals surface area contributed by atoms with Gasteiger partial charge in [0, 0.05) is 11.8 Å². The van der Waals surface area contributed by atoms with E-state index in [1.54, 1.807) is 0 Å². The fourth-order valence-corrected chi connectivity index (χ4v) is 3.15. The Balaban J connectivity index is 2.14. The van der Waals surface area contributed by atoms with E-state index in [0.717, 1.165) is 56.7 Å². The fourth-order valence-electron chi connectivity index (χ4n) is 2.69. The molecule has 1 saturated carbocycles. The molecule has 2 rings (SSSR count). The van der Waals surface area contributed by atoms with E-state index in [1.807, 2.05) is 4.99 Å². The van der Waals surface area contributed by atoms with Crippen LogP contribution in [0.5, 0.6) is 0 Å². The standard InChI is InChI=1S/C16H19BrN4O4/c17-11-12-4-1-2-6-13(7-3-5-12)18-19-15-9-8-14(20(22)23)10-16(15)21(24)25/h8-11,19H,1-7H2. The number of non-ortho nitro benzene ring substituents is 1. The summed E-state index contributed by atoms with van der Waals surface area (Å²) in [6.45, 7) is 0. The molecule has 25 heavy (non-hydrogen) atoms. The van der Waals surface area contributed by atoms with Crippen LogP contribution in [0, 0.1) is 20.2 Å². The molecule has 0 amide bonds. The van der Waals surface area contributed by atoms with Crippen molar-refractivity contribution in [1.82, 2.24) is 0 Å². The normalized spacial score (nSPS) is 19.1. The Morgan fingerprint density at radius 1 is 1.04 bits per heavy atom. The molecule has 8 nitrogen and oxygen atoms in total. The van der Waals surface area contributed by atoms with Crippen molar-refractivity contribution >= 4 is 38.7 Å². The van der Waals surface area contributed by atoms with Crippen LogP contribution in [-0.4, -0.2) is 15.6 Å². The summed E-state index contributed by atoms with van der Waals surface area (Å²) in [5, 5.41) is 26.2. The minimum absolute atomic E-state index is 0.156. The minimum atomic E-state index is -0.657. The summed E-state index contributed by atoms with van der Waals surface area (Å²) in [7, 11) is 0. The average molecular weight is 411 g/mol. The van der Waals surface area contributed by atoms with Gasteiger partial charge in [-0.15, -0.1) is 0 Å². The molecular weight excluding hydrogens is 392 g/mol. The van der Waals surface area contributed by atoms with Gasteiger partial charge in [0.05, 0.1) is 15.9 Å². The lowest BCUT2D eigenvalue weighted by Crippen LogP contribution is -2.04. The van der Waals surface area contributed by atoms with Crippen molar-refractivity contribution in [3.05, 3.63) is 49.0 Å².